The molecule has 0 aliphatic carbocycles. The van der Waals surface area contributed by atoms with Crippen LogP contribution in [0.4, 0.5) is 0 Å². The van der Waals surface area contributed by atoms with Crippen molar-refractivity contribution in [2.75, 3.05) is 6.54 Å². The van der Waals surface area contributed by atoms with Crippen molar-refractivity contribution in [3.63, 3.8) is 0 Å². The van der Waals surface area contributed by atoms with Crippen molar-refractivity contribution in [1.82, 2.24) is 14.7 Å². The number of hydrogen-bond donors (Lipinski definition) is 0. The minimum atomic E-state index is -0.198. The van der Waals surface area contributed by atoms with E-state index in [9.17, 15) is 9.59 Å². The van der Waals surface area contributed by atoms with Crippen molar-refractivity contribution in [3.8, 4) is 0 Å². The van der Waals surface area contributed by atoms with Gasteiger partial charge in [0.2, 0.25) is 0 Å². The van der Waals surface area contributed by atoms with Crippen LogP contribution in [0.3, 0.4) is 0 Å². The quantitative estimate of drug-likeness (QED) is 0.855. The summed E-state index contributed by atoms with van der Waals surface area (Å²) in [6.07, 6.45) is 1.87. The van der Waals surface area contributed by atoms with Gasteiger partial charge in [-0.2, -0.15) is 5.10 Å². The first-order valence-corrected chi connectivity index (χ1v) is 7.61. The second-order valence-electron chi connectivity index (χ2n) is 6.97. The van der Waals surface area contributed by atoms with Gasteiger partial charge >= 0.3 is 0 Å². The number of unbranched alkanes of at least 4 members (excludes halogenated alkanes) is 1. The first-order chi connectivity index (χ1) is 9.70. The number of aromatic nitrogens is 2. The molecule has 1 aromatic heterocycles. The number of aryl methyl sites for hydroxylation is 1. The van der Waals surface area contributed by atoms with E-state index >= 15 is 0 Å². The molecular weight excluding hydrogens is 266 g/mol. The van der Waals surface area contributed by atoms with E-state index in [2.05, 4.69) is 39.7 Å². The highest BCUT2D eigenvalue weighted by Crippen LogP contribution is 2.46. The second-order valence-corrected chi connectivity index (χ2v) is 6.97. The Hall–Kier alpha value is -1.65. The molecule has 1 amide bonds. The Kier molecular flexibility index (Phi) is 3.95. The first-order valence-electron chi connectivity index (χ1n) is 7.61. The number of hydrogen-bond acceptors (Lipinski definition) is 3. The van der Waals surface area contributed by atoms with Crippen molar-refractivity contribution in [3.05, 3.63) is 28.2 Å². The molecule has 0 spiro atoms. The summed E-state index contributed by atoms with van der Waals surface area (Å²) in [6.45, 7) is 11.8. The van der Waals surface area contributed by atoms with Crippen LogP contribution >= 0.6 is 0 Å². The van der Waals surface area contributed by atoms with E-state index in [0.29, 0.717) is 18.8 Å². The van der Waals surface area contributed by atoms with Crippen molar-refractivity contribution in [1.29, 1.82) is 0 Å². The van der Waals surface area contributed by atoms with E-state index in [1.165, 1.54) is 16.8 Å². The van der Waals surface area contributed by atoms with E-state index in [0.717, 1.165) is 12.8 Å². The molecule has 21 heavy (non-hydrogen) atoms. The fraction of sp³-hybridized carbons (Fsp3) is 0.688. The molecule has 0 bridgehead atoms. The molecule has 1 aliphatic heterocycles. The smallest absolute Gasteiger partial charge is 0.274 e. The molecule has 1 fully saturated rings. The standard InChI is InChI=1S/C16H25N3O2/c1-6-7-10-19-13(20)9-8-12(17-19)14(21)18-11-15(2,3)16(18,4)5/h8-9H,6-7,10-11H2,1-5H3. The van der Waals surface area contributed by atoms with Crippen LogP contribution in [-0.4, -0.2) is 32.7 Å². The fourth-order valence-corrected chi connectivity index (χ4v) is 2.56. The van der Waals surface area contributed by atoms with Crippen LogP contribution in [0.25, 0.3) is 0 Å². The molecule has 0 unspecified atom stereocenters. The Morgan fingerprint density at radius 2 is 1.95 bits per heavy atom. The summed E-state index contributed by atoms with van der Waals surface area (Å²) >= 11 is 0. The lowest BCUT2D eigenvalue weighted by Crippen LogP contribution is -2.70. The molecule has 2 heterocycles. The summed E-state index contributed by atoms with van der Waals surface area (Å²) in [5.74, 6) is -0.0930. The van der Waals surface area contributed by atoms with Gasteiger partial charge in [0.15, 0.2) is 0 Å². The average Bonchev–Trinajstić information content (AvgIpc) is 2.43. The highest BCUT2D eigenvalue weighted by molar-refractivity contribution is 5.93. The van der Waals surface area contributed by atoms with Crippen LogP contribution in [0.15, 0.2) is 16.9 Å². The zero-order chi connectivity index (χ0) is 15.8. The van der Waals surface area contributed by atoms with Crippen molar-refractivity contribution in [2.24, 2.45) is 5.41 Å². The summed E-state index contributed by atoms with van der Waals surface area (Å²) in [6, 6.07) is 2.97. The summed E-state index contributed by atoms with van der Waals surface area (Å²) in [7, 11) is 0. The molecule has 1 aliphatic rings. The average molecular weight is 291 g/mol. The lowest BCUT2D eigenvalue weighted by Gasteiger charge is -2.61. The molecule has 1 aromatic rings. The predicted molar refractivity (Wildman–Crippen MR) is 82.3 cm³/mol. The Labute approximate surface area is 126 Å². The molecule has 0 radical (unpaired) electrons. The fourth-order valence-electron chi connectivity index (χ4n) is 2.56. The van der Waals surface area contributed by atoms with Crippen LogP contribution in [0.5, 0.6) is 0 Å². The Balaban J connectivity index is 2.23. The molecule has 116 valence electrons. The number of likely N-dealkylation sites (tertiary alicyclic amines) is 1. The maximum atomic E-state index is 12.6. The number of nitrogens with zero attached hydrogens (tertiary/aromatic N) is 3. The van der Waals surface area contributed by atoms with Gasteiger partial charge in [-0.1, -0.05) is 27.2 Å². The Morgan fingerprint density at radius 1 is 1.29 bits per heavy atom. The van der Waals surface area contributed by atoms with E-state index in [1.807, 2.05) is 4.90 Å². The van der Waals surface area contributed by atoms with Crippen LogP contribution < -0.4 is 5.56 Å². The minimum absolute atomic E-state index is 0.0930. The maximum Gasteiger partial charge on any atom is 0.274 e. The number of carbonyl (C=O) groups is 1. The van der Waals surface area contributed by atoms with Crippen molar-refractivity contribution < 1.29 is 4.79 Å². The van der Waals surface area contributed by atoms with Gasteiger partial charge in [-0.3, -0.25) is 9.59 Å². The molecule has 5 heteroatoms. The third-order valence-corrected chi connectivity index (χ3v) is 4.94. The molecule has 0 atom stereocenters. The highest BCUT2D eigenvalue weighted by Gasteiger charge is 2.54. The lowest BCUT2D eigenvalue weighted by molar-refractivity contribution is -0.0885. The zero-order valence-corrected chi connectivity index (χ0v) is 13.6. The summed E-state index contributed by atoms with van der Waals surface area (Å²) in [5.41, 5.74) is 0.104. The summed E-state index contributed by atoms with van der Waals surface area (Å²) < 4.78 is 1.40. The molecule has 0 N–H and O–H groups in total. The van der Waals surface area contributed by atoms with E-state index in [1.54, 1.807) is 0 Å². The predicted octanol–water partition coefficient (Wildman–Crippen LogP) is 2.30. The largest absolute Gasteiger partial charge is 0.331 e. The Morgan fingerprint density at radius 3 is 2.48 bits per heavy atom. The number of rotatable bonds is 4. The SMILES string of the molecule is CCCCn1nc(C(=O)N2CC(C)(C)C2(C)C)ccc1=O. The van der Waals surface area contributed by atoms with Gasteiger partial charge in [0.1, 0.15) is 5.69 Å². The van der Waals surface area contributed by atoms with Crippen LogP contribution in [0.1, 0.15) is 57.9 Å². The molecule has 0 aromatic carbocycles. The van der Waals surface area contributed by atoms with Crippen LogP contribution in [0, 0.1) is 5.41 Å². The maximum absolute atomic E-state index is 12.6. The summed E-state index contributed by atoms with van der Waals surface area (Å²) in [4.78, 5) is 26.2. The van der Waals surface area contributed by atoms with Crippen LogP contribution in [0.2, 0.25) is 0 Å². The highest BCUT2D eigenvalue weighted by atomic mass is 16.2. The molecule has 2 rings (SSSR count). The lowest BCUT2D eigenvalue weighted by atomic mass is 9.65. The molecular formula is C16H25N3O2. The number of amides is 1. The van der Waals surface area contributed by atoms with Gasteiger partial charge in [-0.05, 0) is 26.3 Å². The van der Waals surface area contributed by atoms with E-state index < -0.39 is 0 Å². The topological polar surface area (TPSA) is 55.2 Å². The molecule has 1 saturated heterocycles. The van der Waals surface area contributed by atoms with Gasteiger partial charge in [-0.15, -0.1) is 0 Å². The third kappa shape index (κ3) is 2.61. The van der Waals surface area contributed by atoms with Crippen molar-refractivity contribution in [2.45, 2.75) is 59.5 Å². The number of carbonyl (C=O) groups excluding carboxylic acids is 1. The normalized spacial score (nSPS) is 19.2. The monoisotopic (exact) mass is 291 g/mol. The first kappa shape index (κ1) is 15.7. The van der Waals surface area contributed by atoms with Gasteiger partial charge in [0, 0.05) is 30.1 Å². The minimum Gasteiger partial charge on any atom is -0.331 e. The third-order valence-electron chi connectivity index (χ3n) is 4.94. The van der Waals surface area contributed by atoms with Gasteiger partial charge in [0.25, 0.3) is 11.5 Å². The van der Waals surface area contributed by atoms with Crippen LogP contribution in [-0.2, 0) is 6.54 Å². The van der Waals surface area contributed by atoms with E-state index in [-0.39, 0.29) is 22.4 Å². The summed E-state index contributed by atoms with van der Waals surface area (Å²) in [5, 5.41) is 4.24. The van der Waals surface area contributed by atoms with Gasteiger partial charge < -0.3 is 4.90 Å². The van der Waals surface area contributed by atoms with E-state index in [4.69, 9.17) is 0 Å². The van der Waals surface area contributed by atoms with Gasteiger partial charge in [0.05, 0.1) is 0 Å². The van der Waals surface area contributed by atoms with Crippen molar-refractivity contribution >= 4 is 5.91 Å². The van der Waals surface area contributed by atoms with Gasteiger partial charge in [-0.25, -0.2) is 4.68 Å². The second kappa shape index (κ2) is 5.28. The molecule has 5 nitrogen and oxygen atoms in total. The zero-order valence-electron chi connectivity index (χ0n) is 13.6. The Bertz CT molecular complexity index is 602. The molecule has 0 saturated carbocycles.